The first kappa shape index (κ1) is 12.5. The van der Waals surface area contributed by atoms with Crippen molar-refractivity contribution in [1.82, 2.24) is 0 Å². The van der Waals surface area contributed by atoms with Gasteiger partial charge in [0.05, 0.1) is 13.7 Å². The first-order chi connectivity index (χ1) is 8.72. The van der Waals surface area contributed by atoms with E-state index in [1.165, 1.54) is 0 Å². The zero-order valence-corrected chi connectivity index (χ0v) is 10.1. The molecule has 2 rings (SSSR count). The molecule has 1 N–H and O–H groups in total. The summed E-state index contributed by atoms with van der Waals surface area (Å²) < 4.78 is 10.7. The minimum absolute atomic E-state index is 0.106. The molecule has 2 radical (unpaired) electrons. The average Bonchev–Trinajstić information content (AvgIpc) is 2.42. The number of benzene rings is 2. The van der Waals surface area contributed by atoms with Crippen LogP contribution in [0.5, 0.6) is 17.2 Å². The maximum atomic E-state index is 9.13. The molecule has 0 saturated heterocycles. The monoisotopic (exact) mass is 240 g/mol. The molecular weight excluding hydrogens is 227 g/mol. The molecule has 3 nitrogen and oxygen atoms in total. The van der Waals surface area contributed by atoms with Crippen LogP contribution in [0.25, 0.3) is 0 Å². The van der Waals surface area contributed by atoms with E-state index in [0.29, 0.717) is 22.5 Å². The predicted molar refractivity (Wildman–Crippen MR) is 70.8 cm³/mol. The van der Waals surface area contributed by atoms with Crippen molar-refractivity contribution in [2.24, 2.45) is 0 Å². The normalized spacial score (nSPS) is 10.1. The fourth-order valence-corrected chi connectivity index (χ4v) is 1.56. The van der Waals surface area contributed by atoms with E-state index in [-0.39, 0.29) is 6.61 Å². The number of rotatable bonds is 4. The first-order valence-corrected chi connectivity index (χ1v) is 5.54. The van der Waals surface area contributed by atoms with Crippen molar-refractivity contribution in [3.8, 4) is 17.2 Å². The van der Waals surface area contributed by atoms with Gasteiger partial charge in [-0.2, -0.15) is 0 Å². The second-order valence-electron chi connectivity index (χ2n) is 3.80. The van der Waals surface area contributed by atoms with E-state index in [4.69, 9.17) is 22.4 Å². The Morgan fingerprint density at radius 1 is 1.00 bits per heavy atom. The number of hydrogen-bond acceptors (Lipinski definition) is 3. The van der Waals surface area contributed by atoms with Gasteiger partial charge in [0.15, 0.2) is 0 Å². The van der Waals surface area contributed by atoms with Gasteiger partial charge in [-0.1, -0.05) is 11.5 Å². The second-order valence-corrected chi connectivity index (χ2v) is 3.80. The lowest BCUT2D eigenvalue weighted by atomic mass is 9.91. The summed E-state index contributed by atoms with van der Waals surface area (Å²) in [7, 11) is 7.31. The van der Waals surface area contributed by atoms with E-state index in [0.717, 1.165) is 5.75 Å². The molecule has 0 aromatic heterocycles. The highest BCUT2D eigenvalue weighted by Crippen LogP contribution is 2.23. The summed E-state index contributed by atoms with van der Waals surface area (Å²) in [6, 6.07) is 12.5. The molecule has 0 aliphatic rings. The SMILES string of the molecule is [B]c1ccc(Oc2ccc(OC)cc2)cc1CO. The third-order valence-electron chi connectivity index (χ3n) is 2.58. The summed E-state index contributed by atoms with van der Waals surface area (Å²) in [5, 5.41) is 9.13. The van der Waals surface area contributed by atoms with Gasteiger partial charge in [-0.05, 0) is 42.0 Å². The number of ether oxygens (including phenoxy) is 2. The second kappa shape index (κ2) is 5.60. The Hall–Kier alpha value is -1.94. The fraction of sp³-hybridized carbons (Fsp3) is 0.143. The van der Waals surface area contributed by atoms with Crippen LogP contribution in [0.15, 0.2) is 42.5 Å². The molecular formula is C14H13BO3. The first-order valence-electron chi connectivity index (χ1n) is 5.54. The summed E-state index contributed by atoms with van der Waals surface area (Å²) in [6.45, 7) is -0.106. The largest absolute Gasteiger partial charge is 0.497 e. The molecule has 2 aromatic rings. The Bertz CT molecular complexity index is 523. The quantitative estimate of drug-likeness (QED) is 0.827. The molecule has 90 valence electrons. The number of methoxy groups -OCH3 is 1. The molecule has 0 saturated carbocycles. The van der Waals surface area contributed by atoms with Gasteiger partial charge in [-0.3, -0.25) is 0 Å². The van der Waals surface area contributed by atoms with Crippen molar-refractivity contribution in [2.75, 3.05) is 7.11 Å². The van der Waals surface area contributed by atoms with Crippen LogP contribution in [0, 0.1) is 0 Å². The summed E-state index contributed by atoms with van der Waals surface area (Å²) in [6.07, 6.45) is 0. The van der Waals surface area contributed by atoms with Crippen LogP contribution in [0.2, 0.25) is 0 Å². The maximum absolute atomic E-state index is 9.13. The highest BCUT2D eigenvalue weighted by molar-refractivity contribution is 6.33. The fourth-order valence-electron chi connectivity index (χ4n) is 1.56. The van der Waals surface area contributed by atoms with Gasteiger partial charge in [0.2, 0.25) is 0 Å². The van der Waals surface area contributed by atoms with E-state index in [1.807, 2.05) is 24.3 Å². The topological polar surface area (TPSA) is 38.7 Å². The molecule has 0 aliphatic carbocycles. The standard InChI is InChI=1S/C14H13BO3/c1-17-11-2-4-12(5-3-11)18-13-6-7-14(15)10(8-13)9-16/h2-8,16H,9H2,1H3. The van der Waals surface area contributed by atoms with E-state index in [2.05, 4.69) is 0 Å². The Labute approximate surface area is 107 Å². The molecule has 4 heteroatoms. The van der Waals surface area contributed by atoms with Crippen molar-refractivity contribution >= 4 is 13.3 Å². The van der Waals surface area contributed by atoms with Gasteiger partial charge in [0.1, 0.15) is 25.1 Å². The van der Waals surface area contributed by atoms with Crippen LogP contribution < -0.4 is 14.9 Å². The lowest BCUT2D eigenvalue weighted by molar-refractivity contribution is 0.282. The van der Waals surface area contributed by atoms with Crippen molar-refractivity contribution in [3.63, 3.8) is 0 Å². The van der Waals surface area contributed by atoms with Gasteiger partial charge in [-0.15, -0.1) is 0 Å². The third-order valence-corrected chi connectivity index (χ3v) is 2.58. The molecule has 0 heterocycles. The Kier molecular flexibility index (Phi) is 3.90. The highest BCUT2D eigenvalue weighted by Gasteiger charge is 2.02. The molecule has 0 spiro atoms. The van der Waals surface area contributed by atoms with Gasteiger partial charge in [-0.25, -0.2) is 0 Å². The minimum atomic E-state index is -0.106. The smallest absolute Gasteiger partial charge is 0.127 e. The van der Waals surface area contributed by atoms with E-state index < -0.39 is 0 Å². The van der Waals surface area contributed by atoms with E-state index in [9.17, 15) is 0 Å². The molecule has 0 fully saturated rings. The lowest BCUT2D eigenvalue weighted by Gasteiger charge is -2.09. The Morgan fingerprint density at radius 2 is 1.61 bits per heavy atom. The van der Waals surface area contributed by atoms with Crippen molar-refractivity contribution in [3.05, 3.63) is 48.0 Å². The van der Waals surface area contributed by atoms with Crippen molar-refractivity contribution < 1.29 is 14.6 Å². The molecule has 0 amide bonds. The van der Waals surface area contributed by atoms with Gasteiger partial charge >= 0.3 is 0 Å². The highest BCUT2D eigenvalue weighted by atomic mass is 16.5. The molecule has 18 heavy (non-hydrogen) atoms. The minimum Gasteiger partial charge on any atom is -0.497 e. The maximum Gasteiger partial charge on any atom is 0.127 e. The number of aliphatic hydroxyl groups is 1. The molecule has 0 atom stereocenters. The summed E-state index contributed by atoms with van der Waals surface area (Å²) in [5.41, 5.74) is 1.21. The molecule has 0 bridgehead atoms. The predicted octanol–water partition coefficient (Wildman–Crippen LogP) is 1.77. The number of hydrogen-bond donors (Lipinski definition) is 1. The van der Waals surface area contributed by atoms with Gasteiger partial charge < -0.3 is 14.6 Å². The Morgan fingerprint density at radius 3 is 2.22 bits per heavy atom. The van der Waals surface area contributed by atoms with Gasteiger partial charge in [0, 0.05) is 0 Å². The van der Waals surface area contributed by atoms with Crippen LogP contribution >= 0.6 is 0 Å². The zero-order chi connectivity index (χ0) is 13.0. The average molecular weight is 240 g/mol. The summed E-state index contributed by atoms with van der Waals surface area (Å²) in [4.78, 5) is 0. The van der Waals surface area contributed by atoms with Crippen LogP contribution in [-0.2, 0) is 6.61 Å². The van der Waals surface area contributed by atoms with Crippen LogP contribution in [0.3, 0.4) is 0 Å². The third kappa shape index (κ3) is 2.84. The Balaban J connectivity index is 2.17. The lowest BCUT2D eigenvalue weighted by Crippen LogP contribution is -2.09. The number of aliphatic hydroxyl groups excluding tert-OH is 1. The van der Waals surface area contributed by atoms with Crippen molar-refractivity contribution in [2.45, 2.75) is 6.61 Å². The van der Waals surface area contributed by atoms with Crippen LogP contribution in [0.4, 0.5) is 0 Å². The van der Waals surface area contributed by atoms with Gasteiger partial charge in [0.25, 0.3) is 0 Å². The molecule has 2 aromatic carbocycles. The van der Waals surface area contributed by atoms with Crippen LogP contribution in [-0.4, -0.2) is 20.1 Å². The molecule has 0 aliphatic heterocycles. The van der Waals surface area contributed by atoms with E-state index >= 15 is 0 Å². The zero-order valence-electron chi connectivity index (χ0n) is 10.1. The molecule has 0 unspecified atom stereocenters. The summed E-state index contributed by atoms with van der Waals surface area (Å²) in [5.74, 6) is 2.11. The summed E-state index contributed by atoms with van der Waals surface area (Å²) >= 11 is 0. The van der Waals surface area contributed by atoms with E-state index in [1.54, 1.807) is 25.3 Å². The van der Waals surface area contributed by atoms with Crippen molar-refractivity contribution in [1.29, 1.82) is 0 Å². The van der Waals surface area contributed by atoms with Crippen LogP contribution in [0.1, 0.15) is 5.56 Å².